The molecule has 1 amide bonds. The Labute approximate surface area is 118 Å². The molecule has 0 atom stereocenters. The highest BCUT2D eigenvalue weighted by atomic mass is 32.2. The van der Waals surface area contributed by atoms with Crippen molar-refractivity contribution in [2.24, 2.45) is 0 Å². The van der Waals surface area contributed by atoms with Crippen LogP contribution >= 0.6 is 0 Å². The lowest BCUT2D eigenvalue weighted by Crippen LogP contribution is -2.33. The lowest BCUT2D eigenvalue weighted by atomic mass is 10.1. The summed E-state index contributed by atoms with van der Waals surface area (Å²) in [6.45, 7) is 3.73. The number of carbonyl (C=O) groups excluding carboxylic acids is 1. The van der Waals surface area contributed by atoms with Crippen LogP contribution in [0.2, 0.25) is 0 Å². The van der Waals surface area contributed by atoms with Gasteiger partial charge in [0, 0.05) is 30.6 Å². The van der Waals surface area contributed by atoms with Gasteiger partial charge in [0.25, 0.3) is 5.91 Å². The number of amides is 1. The zero-order valence-corrected chi connectivity index (χ0v) is 12.1. The van der Waals surface area contributed by atoms with E-state index >= 15 is 0 Å². The van der Waals surface area contributed by atoms with E-state index in [1.54, 1.807) is 0 Å². The number of carbonyl (C=O) groups is 1. The number of anilines is 1. The third-order valence-electron chi connectivity index (χ3n) is 2.61. The Bertz CT molecular complexity index is 611. The maximum Gasteiger partial charge on any atom is 0.254 e. The minimum absolute atomic E-state index is 0.0107. The molecule has 0 heterocycles. The first-order valence-electron chi connectivity index (χ1n) is 5.91. The number of benzene rings is 1. The Hall–Kier alpha value is -1.86. The molecule has 0 unspecified atom stereocenters. The molecule has 0 aliphatic heterocycles. The third-order valence-corrected chi connectivity index (χ3v) is 3.70. The van der Waals surface area contributed by atoms with Crippen LogP contribution in [0.15, 0.2) is 35.7 Å². The van der Waals surface area contributed by atoms with Gasteiger partial charge in [-0.15, -0.1) is 6.58 Å². The molecular formula is C13H18N2O4S. The minimum atomic E-state index is -3.45. The van der Waals surface area contributed by atoms with Crippen LogP contribution in [-0.2, 0) is 9.84 Å². The highest BCUT2D eigenvalue weighted by Crippen LogP contribution is 2.18. The van der Waals surface area contributed by atoms with Gasteiger partial charge in [-0.05, 0) is 18.2 Å². The molecule has 3 N–H and O–H groups in total. The van der Waals surface area contributed by atoms with E-state index in [9.17, 15) is 13.2 Å². The summed E-state index contributed by atoms with van der Waals surface area (Å²) in [6.07, 6.45) is 2.57. The fourth-order valence-electron chi connectivity index (χ4n) is 1.69. The molecule has 1 aromatic rings. The maximum atomic E-state index is 12.3. The first kappa shape index (κ1) is 16.2. The number of nitrogens with zero attached hydrogens (tertiary/aromatic N) is 1. The van der Waals surface area contributed by atoms with Crippen LogP contribution in [0.5, 0.6) is 0 Å². The summed E-state index contributed by atoms with van der Waals surface area (Å²) in [5.41, 5.74) is 6.00. The van der Waals surface area contributed by atoms with Crippen LogP contribution in [0.1, 0.15) is 10.4 Å². The molecule has 0 spiro atoms. The van der Waals surface area contributed by atoms with Gasteiger partial charge in [0.05, 0.1) is 11.5 Å². The molecule has 1 aromatic carbocycles. The zero-order valence-electron chi connectivity index (χ0n) is 11.2. The smallest absolute Gasteiger partial charge is 0.254 e. The maximum absolute atomic E-state index is 12.3. The molecule has 6 nitrogen and oxygen atoms in total. The van der Waals surface area contributed by atoms with Crippen molar-refractivity contribution in [1.29, 1.82) is 0 Å². The van der Waals surface area contributed by atoms with Crippen LogP contribution in [-0.4, -0.2) is 50.3 Å². The van der Waals surface area contributed by atoms with Gasteiger partial charge >= 0.3 is 0 Å². The molecule has 0 aliphatic rings. The fraction of sp³-hybridized carbons (Fsp3) is 0.308. The SMILES string of the molecule is C=CCN(CCO)C(=O)c1cc(N)cc(S(C)(=O)=O)c1. The average molecular weight is 298 g/mol. The lowest BCUT2D eigenvalue weighted by Gasteiger charge is -2.20. The number of sulfone groups is 1. The molecule has 1 rings (SSSR count). The van der Waals surface area contributed by atoms with Gasteiger partial charge in [-0.3, -0.25) is 4.79 Å². The summed E-state index contributed by atoms with van der Waals surface area (Å²) in [5, 5.41) is 8.95. The monoisotopic (exact) mass is 298 g/mol. The molecule has 0 radical (unpaired) electrons. The molecule has 0 fully saturated rings. The number of nitrogens with two attached hydrogens (primary N) is 1. The minimum Gasteiger partial charge on any atom is -0.399 e. The highest BCUT2D eigenvalue weighted by molar-refractivity contribution is 7.90. The predicted molar refractivity (Wildman–Crippen MR) is 77.2 cm³/mol. The third kappa shape index (κ3) is 4.07. The Kier molecular flexibility index (Phi) is 5.29. The number of aliphatic hydroxyl groups excluding tert-OH is 1. The average Bonchev–Trinajstić information content (AvgIpc) is 2.36. The summed E-state index contributed by atoms with van der Waals surface area (Å²) in [4.78, 5) is 13.6. The normalized spacial score (nSPS) is 11.1. The van der Waals surface area contributed by atoms with Crippen molar-refractivity contribution in [2.75, 3.05) is 31.7 Å². The van der Waals surface area contributed by atoms with E-state index in [0.717, 1.165) is 6.26 Å². The van der Waals surface area contributed by atoms with Crippen molar-refractivity contribution in [3.63, 3.8) is 0 Å². The van der Waals surface area contributed by atoms with Gasteiger partial charge in [0.15, 0.2) is 9.84 Å². The number of hydrogen-bond acceptors (Lipinski definition) is 5. The van der Waals surface area contributed by atoms with Crippen molar-refractivity contribution in [1.82, 2.24) is 4.90 Å². The summed E-state index contributed by atoms with van der Waals surface area (Å²) in [6, 6.07) is 3.99. The topological polar surface area (TPSA) is 101 Å². The molecule has 7 heteroatoms. The zero-order chi connectivity index (χ0) is 15.3. The predicted octanol–water partition coefficient (Wildman–Crippen LogP) is 0.293. The van der Waals surface area contributed by atoms with Crippen LogP contribution in [0, 0.1) is 0 Å². The van der Waals surface area contributed by atoms with Gasteiger partial charge < -0.3 is 15.7 Å². The van der Waals surface area contributed by atoms with Crippen molar-refractivity contribution >= 4 is 21.4 Å². The van der Waals surface area contributed by atoms with Crippen molar-refractivity contribution in [3.8, 4) is 0 Å². The van der Waals surface area contributed by atoms with Crippen molar-refractivity contribution in [2.45, 2.75) is 4.90 Å². The van der Waals surface area contributed by atoms with Gasteiger partial charge in [-0.2, -0.15) is 0 Å². The Morgan fingerprint density at radius 2 is 2.10 bits per heavy atom. The summed E-state index contributed by atoms with van der Waals surface area (Å²) in [7, 11) is -3.45. The van der Waals surface area contributed by atoms with E-state index in [1.165, 1.54) is 29.2 Å². The van der Waals surface area contributed by atoms with Gasteiger partial charge in [0.2, 0.25) is 0 Å². The number of aliphatic hydroxyl groups is 1. The molecule has 0 aliphatic carbocycles. The van der Waals surface area contributed by atoms with Gasteiger partial charge in [0.1, 0.15) is 0 Å². The van der Waals surface area contributed by atoms with Gasteiger partial charge in [-0.25, -0.2) is 8.42 Å². The van der Waals surface area contributed by atoms with Crippen LogP contribution in [0.25, 0.3) is 0 Å². The molecule has 0 saturated heterocycles. The van der Waals surface area contributed by atoms with Crippen LogP contribution in [0.3, 0.4) is 0 Å². The van der Waals surface area contributed by atoms with E-state index in [0.29, 0.717) is 0 Å². The second-order valence-electron chi connectivity index (χ2n) is 4.33. The van der Waals surface area contributed by atoms with E-state index in [-0.39, 0.29) is 35.8 Å². The van der Waals surface area contributed by atoms with Crippen molar-refractivity contribution < 1.29 is 18.3 Å². The quantitative estimate of drug-likeness (QED) is 0.581. The van der Waals surface area contributed by atoms with E-state index in [4.69, 9.17) is 10.8 Å². The Morgan fingerprint density at radius 1 is 1.45 bits per heavy atom. The molecule has 110 valence electrons. The fourth-order valence-corrected chi connectivity index (χ4v) is 2.39. The molecular weight excluding hydrogens is 280 g/mol. The summed E-state index contributed by atoms with van der Waals surface area (Å²) < 4.78 is 23.1. The van der Waals surface area contributed by atoms with Crippen LogP contribution < -0.4 is 5.73 Å². The first-order chi connectivity index (χ1) is 9.29. The second-order valence-corrected chi connectivity index (χ2v) is 6.34. The molecule has 20 heavy (non-hydrogen) atoms. The number of hydrogen-bond donors (Lipinski definition) is 2. The van der Waals surface area contributed by atoms with E-state index in [1.807, 2.05) is 0 Å². The summed E-state index contributed by atoms with van der Waals surface area (Å²) >= 11 is 0. The molecule has 0 bridgehead atoms. The molecule has 0 saturated carbocycles. The Balaban J connectivity index is 3.21. The summed E-state index contributed by atoms with van der Waals surface area (Å²) in [5.74, 6) is -0.406. The lowest BCUT2D eigenvalue weighted by molar-refractivity contribution is 0.0742. The van der Waals surface area contributed by atoms with Crippen molar-refractivity contribution in [3.05, 3.63) is 36.4 Å². The standard InChI is InChI=1S/C13H18N2O4S/c1-3-4-15(5-6-16)13(17)10-7-11(14)9-12(8-10)20(2,18)19/h3,7-9,16H,1,4-6,14H2,2H3. The first-order valence-corrected chi connectivity index (χ1v) is 7.80. The highest BCUT2D eigenvalue weighted by Gasteiger charge is 2.17. The molecule has 0 aromatic heterocycles. The second kappa shape index (κ2) is 6.53. The largest absolute Gasteiger partial charge is 0.399 e. The van der Waals surface area contributed by atoms with E-state index in [2.05, 4.69) is 6.58 Å². The van der Waals surface area contributed by atoms with Crippen LogP contribution in [0.4, 0.5) is 5.69 Å². The number of nitrogen functional groups attached to an aromatic ring is 1. The van der Waals surface area contributed by atoms with E-state index < -0.39 is 15.7 Å². The van der Waals surface area contributed by atoms with Gasteiger partial charge in [-0.1, -0.05) is 6.08 Å². The Morgan fingerprint density at radius 3 is 2.60 bits per heavy atom. The number of rotatable bonds is 6.